The Bertz CT molecular complexity index is 982. The van der Waals surface area contributed by atoms with E-state index in [1.54, 1.807) is 12.1 Å². The molecule has 20 heavy (non-hydrogen) atoms. The van der Waals surface area contributed by atoms with Gasteiger partial charge in [0.2, 0.25) is 0 Å². The molecule has 1 aromatic heterocycles. The van der Waals surface area contributed by atoms with Gasteiger partial charge in [-0.3, -0.25) is 0 Å². The van der Waals surface area contributed by atoms with Crippen molar-refractivity contribution in [3.63, 3.8) is 0 Å². The Morgan fingerprint density at radius 2 is 1.55 bits per heavy atom. The van der Waals surface area contributed by atoms with Gasteiger partial charge in [0.1, 0.15) is 0 Å². The van der Waals surface area contributed by atoms with Gasteiger partial charge >= 0.3 is 5.97 Å². The van der Waals surface area contributed by atoms with Crippen LogP contribution in [0.1, 0.15) is 10.4 Å². The number of aromatic amines is 1. The van der Waals surface area contributed by atoms with Gasteiger partial charge in [-0.1, -0.05) is 48.5 Å². The molecule has 0 atom stereocenters. The molecule has 4 aromatic rings. The van der Waals surface area contributed by atoms with E-state index in [1.807, 2.05) is 30.3 Å². The number of aromatic nitrogens is 1. The second kappa shape index (κ2) is 3.84. The Labute approximate surface area is 114 Å². The van der Waals surface area contributed by atoms with Crippen molar-refractivity contribution in [2.75, 3.05) is 0 Å². The minimum absolute atomic E-state index is 0.308. The summed E-state index contributed by atoms with van der Waals surface area (Å²) in [5.41, 5.74) is 1.99. The maximum Gasteiger partial charge on any atom is 0.337 e. The van der Waals surface area contributed by atoms with Gasteiger partial charge in [0.15, 0.2) is 0 Å². The van der Waals surface area contributed by atoms with E-state index in [9.17, 15) is 9.90 Å². The largest absolute Gasteiger partial charge is 0.478 e. The molecule has 0 spiro atoms. The van der Waals surface area contributed by atoms with Crippen molar-refractivity contribution < 1.29 is 9.90 Å². The van der Waals surface area contributed by atoms with Gasteiger partial charge in [0.05, 0.1) is 16.6 Å². The zero-order valence-corrected chi connectivity index (χ0v) is 10.6. The molecule has 4 rings (SSSR count). The van der Waals surface area contributed by atoms with Gasteiger partial charge in [-0.15, -0.1) is 0 Å². The summed E-state index contributed by atoms with van der Waals surface area (Å²) in [5.74, 6) is -0.911. The van der Waals surface area contributed by atoms with E-state index >= 15 is 0 Å². The van der Waals surface area contributed by atoms with Gasteiger partial charge in [-0.25, -0.2) is 4.79 Å². The van der Waals surface area contributed by atoms with Crippen LogP contribution in [0.3, 0.4) is 0 Å². The highest BCUT2D eigenvalue weighted by molar-refractivity contribution is 6.19. The topological polar surface area (TPSA) is 53.1 Å². The summed E-state index contributed by atoms with van der Waals surface area (Å²) in [5, 5.41) is 13.6. The zero-order valence-electron chi connectivity index (χ0n) is 10.6. The van der Waals surface area contributed by atoms with Gasteiger partial charge in [-0.2, -0.15) is 0 Å². The molecule has 0 aliphatic heterocycles. The Morgan fingerprint density at radius 1 is 0.800 bits per heavy atom. The highest BCUT2D eigenvalue weighted by Gasteiger charge is 2.13. The molecular formula is C17H11NO2. The molecule has 0 radical (unpaired) electrons. The number of carboxylic acid groups (broad SMARTS) is 1. The average molecular weight is 261 g/mol. The summed E-state index contributed by atoms with van der Waals surface area (Å²) in [7, 11) is 0. The van der Waals surface area contributed by atoms with Crippen molar-refractivity contribution in [3.8, 4) is 0 Å². The number of hydrogen-bond acceptors (Lipinski definition) is 1. The van der Waals surface area contributed by atoms with Gasteiger partial charge < -0.3 is 10.1 Å². The number of nitrogens with one attached hydrogen (secondary N) is 1. The van der Waals surface area contributed by atoms with E-state index in [-0.39, 0.29) is 0 Å². The van der Waals surface area contributed by atoms with Gasteiger partial charge in [0.25, 0.3) is 0 Å². The van der Waals surface area contributed by atoms with Crippen LogP contribution in [-0.4, -0.2) is 16.1 Å². The van der Waals surface area contributed by atoms with Crippen molar-refractivity contribution in [2.45, 2.75) is 0 Å². The normalized spacial score (nSPS) is 11.4. The highest BCUT2D eigenvalue weighted by Crippen LogP contribution is 2.32. The number of benzene rings is 3. The Kier molecular flexibility index (Phi) is 2.12. The number of H-pyrrole nitrogens is 1. The van der Waals surface area contributed by atoms with Crippen LogP contribution in [0.25, 0.3) is 32.6 Å². The smallest absolute Gasteiger partial charge is 0.337 e. The fourth-order valence-corrected chi connectivity index (χ4v) is 2.85. The lowest BCUT2D eigenvalue weighted by Gasteiger charge is -1.98. The van der Waals surface area contributed by atoms with Crippen molar-refractivity contribution >= 4 is 38.5 Å². The minimum Gasteiger partial charge on any atom is -0.478 e. The highest BCUT2D eigenvalue weighted by atomic mass is 16.4. The molecule has 1 heterocycles. The first-order chi connectivity index (χ1) is 9.75. The van der Waals surface area contributed by atoms with E-state index in [0.29, 0.717) is 11.1 Å². The van der Waals surface area contributed by atoms with E-state index in [1.165, 1.54) is 0 Å². The molecule has 0 amide bonds. The second-order valence-electron chi connectivity index (χ2n) is 4.87. The van der Waals surface area contributed by atoms with Crippen molar-refractivity contribution in [2.24, 2.45) is 0 Å². The fraction of sp³-hybridized carbons (Fsp3) is 0. The predicted molar refractivity (Wildman–Crippen MR) is 80.3 cm³/mol. The van der Waals surface area contributed by atoms with Crippen molar-refractivity contribution in [1.82, 2.24) is 4.98 Å². The van der Waals surface area contributed by atoms with E-state index < -0.39 is 5.97 Å². The molecule has 0 saturated carbocycles. The van der Waals surface area contributed by atoms with Crippen LogP contribution >= 0.6 is 0 Å². The number of carboxylic acids is 1. The number of hydrogen-bond donors (Lipinski definition) is 2. The molecule has 3 aromatic carbocycles. The van der Waals surface area contributed by atoms with Crippen LogP contribution in [0.5, 0.6) is 0 Å². The summed E-state index contributed by atoms with van der Waals surface area (Å²) in [6, 6.07) is 17.6. The zero-order chi connectivity index (χ0) is 13.7. The molecular weight excluding hydrogens is 250 g/mol. The monoisotopic (exact) mass is 261 g/mol. The maximum absolute atomic E-state index is 11.3. The quantitative estimate of drug-likeness (QED) is 0.540. The van der Waals surface area contributed by atoms with E-state index in [4.69, 9.17) is 0 Å². The number of fused-ring (bicyclic) bond motifs is 5. The molecule has 0 unspecified atom stereocenters. The molecule has 3 heteroatoms. The summed E-state index contributed by atoms with van der Waals surface area (Å²) in [6.07, 6.45) is 0. The molecule has 2 N–H and O–H groups in total. The van der Waals surface area contributed by atoms with Gasteiger partial charge in [0, 0.05) is 16.2 Å². The third kappa shape index (κ3) is 1.37. The third-order valence-electron chi connectivity index (χ3n) is 3.76. The lowest BCUT2D eigenvalue weighted by atomic mass is 10.1. The van der Waals surface area contributed by atoms with E-state index in [2.05, 4.69) is 17.1 Å². The first kappa shape index (κ1) is 11.1. The van der Waals surface area contributed by atoms with Crippen LogP contribution in [0, 0.1) is 0 Å². The number of rotatable bonds is 1. The third-order valence-corrected chi connectivity index (χ3v) is 3.76. The van der Waals surface area contributed by atoms with Crippen molar-refractivity contribution in [3.05, 3.63) is 60.2 Å². The molecule has 0 aliphatic carbocycles. The SMILES string of the molecule is O=C(O)c1cccc2c1[nH]c1c3ccccc3ccc21. The van der Waals surface area contributed by atoms with Crippen LogP contribution < -0.4 is 0 Å². The summed E-state index contributed by atoms with van der Waals surface area (Å²) >= 11 is 0. The van der Waals surface area contributed by atoms with Crippen LogP contribution in [0.2, 0.25) is 0 Å². The lowest BCUT2D eigenvalue weighted by Crippen LogP contribution is -1.96. The number of carbonyl (C=O) groups is 1. The van der Waals surface area contributed by atoms with Gasteiger partial charge in [-0.05, 0) is 11.5 Å². The Hall–Kier alpha value is -2.81. The molecule has 0 saturated heterocycles. The molecule has 0 bridgehead atoms. The average Bonchev–Trinajstić information content (AvgIpc) is 2.86. The summed E-state index contributed by atoms with van der Waals surface area (Å²) in [4.78, 5) is 14.6. The summed E-state index contributed by atoms with van der Waals surface area (Å²) in [6.45, 7) is 0. The standard InChI is InChI=1S/C17H11NO2/c19-17(20)14-7-3-6-12-13-9-8-10-4-1-2-5-11(10)15(13)18-16(12)14/h1-9,18H,(H,19,20). The minimum atomic E-state index is -0.911. The second-order valence-corrected chi connectivity index (χ2v) is 4.87. The summed E-state index contributed by atoms with van der Waals surface area (Å²) < 4.78 is 0. The van der Waals surface area contributed by atoms with Crippen molar-refractivity contribution in [1.29, 1.82) is 0 Å². The molecule has 3 nitrogen and oxygen atoms in total. The maximum atomic E-state index is 11.3. The number of para-hydroxylation sites is 1. The van der Waals surface area contributed by atoms with Crippen LogP contribution in [0.4, 0.5) is 0 Å². The molecule has 0 fully saturated rings. The van der Waals surface area contributed by atoms with E-state index in [0.717, 1.165) is 27.1 Å². The lowest BCUT2D eigenvalue weighted by molar-refractivity contribution is 0.0699. The first-order valence-electron chi connectivity index (χ1n) is 6.41. The fourth-order valence-electron chi connectivity index (χ4n) is 2.85. The Morgan fingerprint density at radius 3 is 2.40 bits per heavy atom. The molecule has 0 aliphatic rings. The molecule has 96 valence electrons. The Balaban J connectivity index is 2.27. The van der Waals surface area contributed by atoms with Crippen LogP contribution in [0.15, 0.2) is 54.6 Å². The predicted octanol–water partition coefficient (Wildman–Crippen LogP) is 4.17. The van der Waals surface area contributed by atoms with Crippen LogP contribution in [-0.2, 0) is 0 Å². The first-order valence-corrected chi connectivity index (χ1v) is 6.41. The number of aromatic carboxylic acids is 1.